The van der Waals surface area contributed by atoms with Crippen LogP contribution >= 0.6 is 23.2 Å². The average molecular weight is 910 g/mol. The van der Waals surface area contributed by atoms with Crippen LogP contribution in [0.15, 0.2) is 72.8 Å². The molecular formula is C45H50Cl2N4O12. The Bertz CT molecular complexity index is 2210. The zero-order chi connectivity index (χ0) is 44.9. The summed E-state index contributed by atoms with van der Waals surface area (Å²) in [5.74, 6) is -4.79. The van der Waals surface area contributed by atoms with Crippen LogP contribution in [-0.4, -0.2) is 130 Å². The summed E-state index contributed by atoms with van der Waals surface area (Å²) < 4.78 is 39.8. The Balaban J connectivity index is 1.21. The molecule has 336 valence electrons. The molecule has 1 N–H and O–H groups in total. The Morgan fingerprint density at radius 1 is 0.810 bits per heavy atom. The van der Waals surface area contributed by atoms with Crippen molar-refractivity contribution in [3.63, 3.8) is 0 Å². The van der Waals surface area contributed by atoms with Crippen molar-refractivity contribution in [3.8, 4) is 17.2 Å². The van der Waals surface area contributed by atoms with Crippen LogP contribution in [0, 0.1) is 0 Å². The number of nitrogens with one attached hydrogen (secondary N) is 1. The van der Waals surface area contributed by atoms with E-state index in [0.717, 1.165) is 17.7 Å². The normalized spacial score (nSPS) is 22.1. The second-order valence-electron chi connectivity index (χ2n) is 15.6. The molecule has 4 aliphatic heterocycles. The number of nitrogens with zero attached hydrogens (tertiary/aromatic N) is 3. The van der Waals surface area contributed by atoms with Crippen LogP contribution in [0.3, 0.4) is 0 Å². The maximum absolute atomic E-state index is 14.9. The molecule has 3 fully saturated rings. The largest absolute Gasteiger partial charge is 0.493 e. The van der Waals surface area contributed by atoms with E-state index in [0.29, 0.717) is 44.6 Å². The number of ether oxygens (including phenoxy) is 7. The van der Waals surface area contributed by atoms with E-state index < -0.39 is 46.7 Å². The van der Waals surface area contributed by atoms with Gasteiger partial charge in [-0.1, -0.05) is 59.6 Å². The Kier molecular flexibility index (Phi) is 13.9. The van der Waals surface area contributed by atoms with E-state index in [-0.39, 0.29) is 77.9 Å². The Hall–Kier alpha value is -5.39. The third kappa shape index (κ3) is 8.79. The van der Waals surface area contributed by atoms with Crippen molar-refractivity contribution >= 4 is 52.9 Å². The van der Waals surface area contributed by atoms with Crippen molar-refractivity contribution in [1.29, 1.82) is 0 Å². The van der Waals surface area contributed by atoms with E-state index in [9.17, 15) is 24.0 Å². The molecule has 2 atom stereocenters. The van der Waals surface area contributed by atoms with Crippen LogP contribution < -0.4 is 19.6 Å². The van der Waals surface area contributed by atoms with Crippen molar-refractivity contribution in [2.45, 2.75) is 55.5 Å². The highest BCUT2D eigenvalue weighted by Crippen LogP contribution is 2.54. The highest BCUT2D eigenvalue weighted by Gasteiger charge is 2.68. The van der Waals surface area contributed by atoms with Gasteiger partial charge in [0.1, 0.15) is 0 Å². The lowest BCUT2D eigenvalue weighted by molar-refractivity contribution is -0.284. The third-order valence-corrected chi connectivity index (χ3v) is 13.1. The number of amides is 2. The molecule has 0 saturated carbocycles. The second kappa shape index (κ2) is 19.2. The van der Waals surface area contributed by atoms with E-state index in [1.54, 1.807) is 30.1 Å². The number of carbonyl (C=O) groups is 5. The van der Waals surface area contributed by atoms with E-state index in [1.807, 2.05) is 30.3 Å². The number of carbonyl (C=O) groups excluding carboxylic acids is 5. The minimum atomic E-state index is -2.32. The van der Waals surface area contributed by atoms with E-state index in [1.165, 1.54) is 38.4 Å². The van der Waals surface area contributed by atoms with Crippen LogP contribution in [0.5, 0.6) is 17.2 Å². The van der Waals surface area contributed by atoms with E-state index >= 15 is 0 Å². The first kappa shape index (κ1) is 45.6. The second-order valence-corrected chi connectivity index (χ2v) is 16.4. The van der Waals surface area contributed by atoms with Gasteiger partial charge in [0.25, 0.3) is 5.91 Å². The van der Waals surface area contributed by atoms with Gasteiger partial charge >= 0.3 is 23.8 Å². The topological polar surface area (TPSA) is 172 Å². The molecule has 2 amide bonds. The fraction of sp³-hybridized carbons (Fsp3) is 0.444. The summed E-state index contributed by atoms with van der Waals surface area (Å²) in [6.07, 6.45) is 2.31. The fourth-order valence-electron chi connectivity index (χ4n) is 9.10. The molecule has 0 radical (unpaired) electrons. The van der Waals surface area contributed by atoms with Crippen LogP contribution in [0.1, 0.15) is 54.1 Å². The zero-order valence-corrected chi connectivity index (χ0v) is 37.0. The SMILES string of the molecule is CCOC(=O)[C@@H]1CN(NC(=O)C2(c3ccccc3)CCN(CC[C@@]3(c4ccc(Cl)c(Cl)c4)CCN(C(=O)c4cc(OC)c(OC)c(OC)c4)C34OC(=O)C=CC(=O)O4)CC2)CCO1. The van der Waals surface area contributed by atoms with Crippen molar-refractivity contribution in [1.82, 2.24) is 20.2 Å². The lowest BCUT2D eigenvalue weighted by atomic mass is 9.71. The average Bonchev–Trinajstić information content (AvgIpc) is 3.51. The van der Waals surface area contributed by atoms with Gasteiger partial charge in [-0.3, -0.25) is 19.9 Å². The number of hydrogen-bond acceptors (Lipinski definition) is 14. The maximum atomic E-state index is 14.9. The van der Waals surface area contributed by atoms with Crippen LogP contribution in [0.25, 0.3) is 0 Å². The molecule has 18 heteroatoms. The van der Waals surface area contributed by atoms with Gasteiger partial charge in [0.2, 0.25) is 11.7 Å². The van der Waals surface area contributed by atoms with Gasteiger partial charge in [0.15, 0.2) is 17.6 Å². The van der Waals surface area contributed by atoms with Gasteiger partial charge in [-0.2, -0.15) is 0 Å². The zero-order valence-electron chi connectivity index (χ0n) is 35.5. The summed E-state index contributed by atoms with van der Waals surface area (Å²) >= 11 is 13.1. The summed E-state index contributed by atoms with van der Waals surface area (Å²) in [7, 11) is 4.28. The molecule has 16 nitrogen and oxygen atoms in total. The molecule has 3 aromatic carbocycles. The number of likely N-dealkylation sites (tertiary alicyclic amines) is 2. The first-order chi connectivity index (χ1) is 30.3. The molecular weight excluding hydrogens is 859 g/mol. The molecule has 3 saturated heterocycles. The maximum Gasteiger partial charge on any atom is 0.355 e. The molecule has 3 aromatic rings. The number of hydrogen-bond donors (Lipinski definition) is 1. The Morgan fingerprint density at radius 2 is 1.48 bits per heavy atom. The Morgan fingerprint density at radius 3 is 2.08 bits per heavy atom. The number of hydrazine groups is 1. The highest BCUT2D eigenvalue weighted by molar-refractivity contribution is 6.42. The summed E-state index contributed by atoms with van der Waals surface area (Å²) in [5.41, 5.74) is 2.22. The lowest BCUT2D eigenvalue weighted by Crippen LogP contribution is -2.63. The first-order valence-electron chi connectivity index (χ1n) is 20.7. The van der Waals surface area contributed by atoms with Crippen molar-refractivity contribution < 1.29 is 57.1 Å². The summed E-state index contributed by atoms with van der Waals surface area (Å²) in [5, 5.41) is 2.18. The minimum absolute atomic E-state index is 0.0217. The standard InChI is InChI=1S/C45H50Cl2N4O12/c1-5-60-41(55)36-28-50(23-24-61-36)48-42(56)43(30-9-7-6-8-10-30)15-19-49(20-16-43)21-17-44(31-11-12-32(46)33(47)27-31)18-22-51(45(44)62-37(52)13-14-38(53)63-45)40(54)29-25-34(57-2)39(59-4)35(26-29)58-3/h6-14,25-27,36H,5,15-24,28H2,1-4H3,(H,48,56)/t36-,44-/m0/s1. The lowest BCUT2D eigenvalue weighted by Gasteiger charge is -2.47. The number of esters is 3. The summed E-state index contributed by atoms with van der Waals surface area (Å²) in [6.45, 7) is 3.98. The molecule has 63 heavy (non-hydrogen) atoms. The third-order valence-electron chi connectivity index (χ3n) is 12.4. The monoisotopic (exact) mass is 908 g/mol. The van der Waals surface area contributed by atoms with Gasteiger partial charge < -0.3 is 38.1 Å². The molecule has 7 rings (SSSR count). The van der Waals surface area contributed by atoms with Gasteiger partial charge in [-0.25, -0.2) is 19.4 Å². The van der Waals surface area contributed by atoms with Gasteiger partial charge in [0.05, 0.1) is 62.0 Å². The molecule has 4 heterocycles. The molecule has 4 aliphatic rings. The smallest absolute Gasteiger partial charge is 0.355 e. The number of rotatable bonds is 13. The van der Waals surface area contributed by atoms with E-state index in [2.05, 4.69) is 10.3 Å². The minimum Gasteiger partial charge on any atom is -0.493 e. The Labute approximate surface area is 375 Å². The van der Waals surface area contributed by atoms with Gasteiger partial charge in [0, 0.05) is 30.8 Å². The van der Waals surface area contributed by atoms with Crippen LogP contribution in [0.4, 0.5) is 0 Å². The summed E-state index contributed by atoms with van der Waals surface area (Å²) in [6, 6.07) is 17.5. The predicted octanol–water partition coefficient (Wildman–Crippen LogP) is 4.83. The molecule has 0 aromatic heterocycles. The van der Waals surface area contributed by atoms with E-state index in [4.69, 9.17) is 56.4 Å². The predicted molar refractivity (Wildman–Crippen MR) is 228 cm³/mol. The van der Waals surface area contributed by atoms with Crippen molar-refractivity contribution in [3.05, 3.63) is 99.6 Å². The number of morpholine rings is 1. The number of halogens is 2. The first-order valence-corrected chi connectivity index (χ1v) is 21.4. The molecule has 0 bridgehead atoms. The van der Waals surface area contributed by atoms with Crippen LogP contribution in [0.2, 0.25) is 10.0 Å². The quantitative estimate of drug-likeness (QED) is 0.231. The van der Waals surface area contributed by atoms with Gasteiger partial charge in [-0.05, 0) is 87.6 Å². The van der Waals surface area contributed by atoms with Gasteiger partial charge in [-0.15, -0.1) is 0 Å². The number of methoxy groups -OCH3 is 3. The van der Waals surface area contributed by atoms with Crippen molar-refractivity contribution in [2.24, 2.45) is 0 Å². The number of piperidine rings is 1. The molecule has 0 unspecified atom stereocenters. The van der Waals surface area contributed by atoms with Crippen molar-refractivity contribution in [2.75, 3.05) is 73.8 Å². The highest BCUT2D eigenvalue weighted by atomic mass is 35.5. The summed E-state index contributed by atoms with van der Waals surface area (Å²) in [4.78, 5) is 72.4. The van der Waals surface area contributed by atoms with Crippen LogP contribution in [-0.2, 0) is 49.0 Å². The molecule has 0 aliphatic carbocycles. The fourth-order valence-corrected chi connectivity index (χ4v) is 9.40. The molecule has 1 spiro atoms. The number of benzene rings is 3.